The maximum Gasteiger partial charge on any atom is 0.340 e. The Bertz CT molecular complexity index is 1240. The van der Waals surface area contributed by atoms with E-state index in [-0.39, 0.29) is 35.3 Å². The smallest absolute Gasteiger partial charge is 0.340 e. The molecule has 0 aliphatic rings. The van der Waals surface area contributed by atoms with Crippen LogP contribution in [0.3, 0.4) is 0 Å². The average molecular weight is 417 g/mol. The van der Waals surface area contributed by atoms with Gasteiger partial charge in [-0.05, 0) is 48.9 Å². The van der Waals surface area contributed by atoms with Crippen LogP contribution in [-0.4, -0.2) is 33.7 Å². The van der Waals surface area contributed by atoms with Crippen molar-refractivity contribution in [1.29, 1.82) is 0 Å². The van der Waals surface area contributed by atoms with Crippen LogP contribution in [0.2, 0.25) is 0 Å². The molecule has 0 saturated carbocycles. The Morgan fingerprint density at radius 1 is 1.16 bits per heavy atom. The van der Waals surface area contributed by atoms with Gasteiger partial charge < -0.3 is 18.9 Å². The molecular weight excluding hydrogens is 398 g/mol. The highest BCUT2D eigenvalue weighted by atomic mass is 16.5. The zero-order chi connectivity index (χ0) is 21.8. The lowest BCUT2D eigenvalue weighted by atomic mass is 10.2. The maximum atomic E-state index is 12.8. The van der Waals surface area contributed by atoms with Gasteiger partial charge in [-0.1, -0.05) is 6.07 Å². The third kappa shape index (κ3) is 4.09. The van der Waals surface area contributed by atoms with Gasteiger partial charge in [0.1, 0.15) is 0 Å². The van der Waals surface area contributed by atoms with E-state index in [4.69, 9.17) is 9.15 Å². The van der Waals surface area contributed by atoms with E-state index in [1.165, 1.54) is 12.3 Å². The standard InChI is InChI=1S/C23H19N3O5/c1-2-30-23(29)17-12-19(21(27)20-6-4-10-31-20)26-9-7-16(11-18(17)26)22(28)25-14-15-5-3-8-24-13-15/h3-13H,2,14H2,1H3,(H,25,28). The summed E-state index contributed by atoms with van der Waals surface area (Å²) in [5.41, 5.74) is 2.02. The molecule has 156 valence electrons. The van der Waals surface area contributed by atoms with Crippen molar-refractivity contribution in [1.82, 2.24) is 14.7 Å². The topological polar surface area (TPSA) is 103 Å². The van der Waals surface area contributed by atoms with Crippen molar-refractivity contribution in [2.24, 2.45) is 0 Å². The van der Waals surface area contributed by atoms with Gasteiger partial charge in [0, 0.05) is 30.7 Å². The summed E-state index contributed by atoms with van der Waals surface area (Å²) in [4.78, 5) is 42.0. The summed E-state index contributed by atoms with van der Waals surface area (Å²) in [5, 5.41) is 2.82. The quantitative estimate of drug-likeness (QED) is 0.366. The molecule has 1 N–H and O–H groups in total. The van der Waals surface area contributed by atoms with Crippen molar-refractivity contribution in [2.75, 3.05) is 6.61 Å². The van der Waals surface area contributed by atoms with Crippen molar-refractivity contribution in [3.63, 3.8) is 0 Å². The Labute approximate surface area is 177 Å². The molecule has 31 heavy (non-hydrogen) atoms. The molecule has 1 amide bonds. The van der Waals surface area contributed by atoms with Crippen LogP contribution in [0, 0.1) is 0 Å². The van der Waals surface area contributed by atoms with Gasteiger partial charge in [0.25, 0.3) is 5.91 Å². The lowest BCUT2D eigenvalue weighted by Gasteiger charge is -2.07. The Balaban J connectivity index is 1.69. The van der Waals surface area contributed by atoms with Crippen LogP contribution in [0.15, 0.2) is 71.7 Å². The number of carbonyl (C=O) groups is 3. The molecule has 8 nitrogen and oxygen atoms in total. The second kappa shape index (κ2) is 8.66. The SMILES string of the molecule is CCOC(=O)c1cc(C(=O)c2ccco2)n2ccc(C(=O)NCc3cccnc3)cc12. The Morgan fingerprint density at radius 3 is 2.74 bits per heavy atom. The maximum absolute atomic E-state index is 12.8. The van der Waals surface area contributed by atoms with Crippen LogP contribution in [0.5, 0.6) is 0 Å². The van der Waals surface area contributed by atoms with Gasteiger partial charge in [-0.2, -0.15) is 0 Å². The number of esters is 1. The van der Waals surface area contributed by atoms with Crippen LogP contribution >= 0.6 is 0 Å². The summed E-state index contributed by atoms with van der Waals surface area (Å²) in [5.74, 6) is -1.13. The predicted molar refractivity (Wildman–Crippen MR) is 111 cm³/mol. The van der Waals surface area contributed by atoms with Crippen molar-refractivity contribution in [3.8, 4) is 0 Å². The van der Waals surface area contributed by atoms with Gasteiger partial charge in [-0.3, -0.25) is 14.6 Å². The van der Waals surface area contributed by atoms with Crippen LogP contribution in [0.25, 0.3) is 5.52 Å². The number of amides is 1. The molecule has 4 rings (SSSR count). The normalized spacial score (nSPS) is 10.7. The van der Waals surface area contributed by atoms with Gasteiger partial charge in [0.15, 0.2) is 5.76 Å². The third-order valence-corrected chi connectivity index (χ3v) is 4.68. The summed E-state index contributed by atoms with van der Waals surface area (Å²) < 4.78 is 11.9. The number of hydrogen-bond donors (Lipinski definition) is 1. The molecule has 0 spiro atoms. The first-order valence-corrected chi connectivity index (χ1v) is 9.66. The number of rotatable bonds is 7. The highest BCUT2D eigenvalue weighted by Gasteiger charge is 2.23. The highest BCUT2D eigenvalue weighted by Crippen LogP contribution is 2.22. The molecule has 0 atom stereocenters. The fourth-order valence-corrected chi connectivity index (χ4v) is 3.21. The molecule has 0 fully saturated rings. The highest BCUT2D eigenvalue weighted by molar-refractivity contribution is 6.10. The summed E-state index contributed by atoms with van der Waals surface area (Å²) in [6.45, 7) is 2.19. The number of aromatic nitrogens is 2. The van der Waals surface area contributed by atoms with Gasteiger partial charge >= 0.3 is 5.97 Å². The first-order chi connectivity index (χ1) is 15.1. The minimum absolute atomic E-state index is 0.146. The van der Waals surface area contributed by atoms with E-state index in [1.807, 2.05) is 6.07 Å². The zero-order valence-corrected chi connectivity index (χ0v) is 16.7. The molecular formula is C23H19N3O5. The first kappa shape index (κ1) is 20.1. The first-order valence-electron chi connectivity index (χ1n) is 9.66. The van der Waals surface area contributed by atoms with E-state index in [0.717, 1.165) is 5.56 Å². The molecule has 0 unspecified atom stereocenters. The molecule has 0 aliphatic carbocycles. The largest absolute Gasteiger partial charge is 0.462 e. The molecule has 4 aromatic rings. The van der Waals surface area contributed by atoms with Crippen molar-refractivity contribution in [3.05, 3.63) is 95.5 Å². The van der Waals surface area contributed by atoms with E-state index in [9.17, 15) is 14.4 Å². The molecule has 0 aliphatic heterocycles. The minimum atomic E-state index is -0.577. The summed E-state index contributed by atoms with van der Waals surface area (Å²) in [7, 11) is 0. The zero-order valence-electron chi connectivity index (χ0n) is 16.7. The monoisotopic (exact) mass is 417 g/mol. The number of nitrogens with zero attached hydrogens (tertiary/aromatic N) is 2. The fourth-order valence-electron chi connectivity index (χ4n) is 3.21. The van der Waals surface area contributed by atoms with Gasteiger partial charge in [-0.15, -0.1) is 0 Å². The second-order valence-electron chi connectivity index (χ2n) is 6.68. The van der Waals surface area contributed by atoms with E-state index in [0.29, 0.717) is 17.6 Å². The number of ether oxygens (including phenoxy) is 1. The molecule has 8 heteroatoms. The number of ketones is 1. The fraction of sp³-hybridized carbons (Fsp3) is 0.130. The Morgan fingerprint density at radius 2 is 2.03 bits per heavy atom. The van der Waals surface area contributed by atoms with Crippen molar-refractivity contribution in [2.45, 2.75) is 13.5 Å². The van der Waals surface area contributed by atoms with Gasteiger partial charge in [0.05, 0.1) is 29.6 Å². The number of fused-ring (bicyclic) bond motifs is 1. The summed E-state index contributed by atoms with van der Waals surface area (Å²) >= 11 is 0. The summed E-state index contributed by atoms with van der Waals surface area (Å²) in [6.07, 6.45) is 6.31. The van der Waals surface area contributed by atoms with E-state index in [1.54, 1.807) is 60.2 Å². The van der Waals surface area contributed by atoms with Gasteiger partial charge in [0.2, 0.25) is 5.78 Å². The third-order valence-electron chi connectivity index (χ3n) is 4.68. The van der Waals surface area contributed by atoms with Gasteiger partial charge in [-0.25, -0.2) is 4.79 Å². The Hall–Kier alpha value is -4.20. The lowest BCUT2D eigenvalue weighted by molar-refractivity contribution is 0.0528. The van der Waals surface area contributed by atoms with Crippen molar-refractivity contribution < 1.29 is 23.5 Å². The number of nitrogens with one attached hydrogen (secondary N) is 1. The lowest BCUT2D eigenvalue weighted by Crippen LogP contribution is -2.23. The number of furan rings is 1. The van der Waals surface area contributed by atoms with Crippen LogP contribution < -0.4 is 5.32 Å². The van der Waals surface area contributed by atoms with E-state index >= 15 is 0 Å². The van der Waals surface area contributed by atoms with E-state index < -0.39 is 5.97 Å². The van der Waals surface area contributed by atoms with Crippen LogP contribution in [-0.2, 0) is 11.3 Å². The Kier molecular flexibility index (Phi) is 5.61. The molecule has 4 heterocycles. The second-order valence-corrected chi connectivity index (χ2v) is 6.68. The average Bonchev–Trinajstić information content (AvgIpc) is 3.46. The number of hydrogen-bond acceptors (Lipinski definition) is 6. The molecule has 0 bridgehead atoms. The molecule has 0 saturated heterocycles. The van der Waals surface area contributed by atoms with E-state index in [2.05, 4.69) is 10.3 Å². The number of carbonyl (C=O) groups excluding carboxylic acids is 3. The predicted octanol–water partition coefficient (Wildman–Crippen LogP) is 3.27. The van der Waals surface area contributed by atoms with Crippen LogP contribution in [0.1, 0.15) is 49.5 Å². The minimum Gasteiger partial charge on any atom is -0.462 e. The molecule has 4 aromatic heterocycles. The number of pyridine rings is 2. The molecule has 0 radical (unpaired) electrons. The summed E-state index contributed by atoms with van der Waals surface area (Å²) in [6, 6.07) is 11.4. The molecule has 0 aromatic carbocycles. The van der Waals surface area contributed by atoms with Crippen LogP contribution in [0.4, 0.5) is 0 Å². The van der Waals surface area contributed by atoms with Crippen molar-refractivity contribution >= 4 is 23.2 Å².